The molecular formula is C13H12BrNO3. The van der Waals surface area contributed by atoms with Gasteiger partial charge in [0, 0.05) is 10.5 Å². The van der Waals surface area contributed by atoms with Crippen LogP contribution in [0.5, 0.6) is 0 Å². The Hall–Kier alpha value is -1.62. The van der Waals surface area contributed by atoms with Crippen molar-refractivity contribution in [1.29, 1.82) is 0 Å². The Balaban J connectivity index is 2.69. The fourth-order valence-corrected chi connectivity index (χ4v) is 2.42. The van der Waals surface area contributed by atoms with Gasteiger partial charge in [-0.1, -0.05) is 13.8 Å². The second kappa shape index (κ2) is 4.94. The van der Waals surface area contributed by atoms with E-state index >= 15 is 0 Å². The molecule has 0 fully saturated rings. The summed E-state index contributed by atoms with van der Waals surface area (Å²) in [6.45, 7) is 4.00. The van der Waals surface area contributed by atoms with Gasteiger partial charge in [-0.2, -0.15) is 0 Å². The summed E-state index contributed by atoms with van der Waals surface area (Å²) in [6, 6.07) is 6.92. The zero-order valence-electron chi connectivity index (χ0n) is 10.0. The number of hydrogen-bond donors (Lipinski definition) is 0. The molecule has 1 aromatic carbocycles. The van der Waals surface area contributed by atoms with Gasteiger partial charge in [0.25, 0.3) is 5.69 Å². The van der Waals surface area contributed by atoms with Gasteiger partial charge in [-0.15, -0.1) is 0 Å². The molecule has 0 radical (unpaired) electrons. The van der Waals surface area contributed by atoms with E-state index in [1.807, 2.05) is 19.9 Å². The summed E-state index contributed by atoms with van der Waals surface area (Å²) >= 11 is 3.39. The maximum absolute atomic E-state index is 11.2. The van der Waals surface area contributed by atoms with Crippen molar-refractivity contribution in [2.45, 2.75) is 19.8 Å². The zero-order chi connectivity index (χ0) is 13.3. The van der Waals surface area contributed by atoms with E-state index in [1.165, 1.54) is 6.26 Å². The van der Waals surface area contributed by atoms with E-state index in [-0.39, 0.29) is 16.5 Å². The Morgan fingerprint density at radius 3 is 2.61 bits per heavy atom. The van der Waals surface area contributed by atoms with Crippen LogP contribution in [0.25, 0.3) is 11.3 Å². The Kier molecular flexibility index (Phi) is 3.52. The van der Waals surface area contributed by atoms with E-state index in [0.29, 0.717) is 15.8 Å². The molecule has 0 aliphatic heterocycles. The summed E-state index contributed by atoms with van der Waals surface area (Å²) in [6.07, 6.45) is 1.50. The molecule has 0 saturated carbocycles. The molecule has 4 nitrogen and oxygen atoms in total. The number of furan rings is 1. The van der Waals surface area contributed by atoms with Crippen molar-refractivity contribution in [2.24, 2.45) is 0 Å². The summed E-state index contributed by atoms with van der Waals surface area (Å²) < 4.78 is 5.93. The lowest BCUT2D eigenvalue weighted by Crippen LogP contribution is -1.96. The van der Waals surface area contributed by atoms with E-state index in [9.17, 15) is 10.1 Å². The second-order valence-electron chi connectivity index (χ2n) is 4.29. The highest BCUT2D eigenvalue weighted by Crippen LogP contribution is 2.39. The van der Waals surface area contributed by atoms with Crippen LogP contribution in [-0.4, -0.2) is 4.92 Å². The molecule has 2 rings (SSSR count). The number of nitro groups is 1. The third-order valence-electron chi connectivity index (χ3n) is 2.72. The van der Waals surface area contributed by atoms with Crippen LogP contribution in [-0.2, 0) is 0 Å². The Bertz CT molecular complexity index is 576. The Morgan fingerprint density at radius 2 is 2.11 bits per heavy atom. The highest BCUT2D eigenvalue weighted by Gasteiger charge is 2.22. The standard InChI is InChI=1S/C13H12BrNO3/c1-8(2)9-6-10(14)13(11(7-9)15(16)17)12-4-3-5-18-12/h3-8H,1-2H3. The van der Waals surface area contributed by atoms with Crippen molar-refractivity contribution >= 4 is 21.6 Å². The fourth-order valence-electron chi connectivity index (χ4n) is 1.75. The first-order chi connectivity index (χ1) is 8.50. The van der Waals surface area contributed by atoms with Crippen molar-refractivity contribution in [3.8, 4) is 11.3 Å². The number of hydrogen-bond acceptors (Lipinski definition) is 3. The van der Waals surface area contributed by atoms with Gasteiger partial charge in [0.1, 0.15) is 11.3 Å². The van der Waals surface area contributed by atoms with E-state index < -0.39 is 0 Å². The van der Waals surface area contributed by atoms with Crippen LogP contribution < -0.4 is 0 Å². The van der Waals surface area contributed by atoms with E-state index in [4.69, 9.17) is 4.42 Å². The first-order valence-corrected chi connectivity index (χ1v) is 6.31. The maximum Gasteiger partial charge on any atom is 0.281 e. The molecule has 0 aliphatic rings. The van der Waals surface area contributed by atoms with Crippen molar-refractivity contribution in [3.63, 3.8) is 0 Å². The minimum atomic E-state index is -0.380. The predicted octanol–water partition coefficient (Wildman–Crippen LogP) is 4.74. The summed E-state index contributed by atoms with van der Waals surface area (Å²) in [5.41, 5.74) is 1.46. The fraction of sp³-hybridized carbons (Fsp3) is 0.231. The molecule has 5 heteroatoms. The highest BCUT2D eigenvalue weighted by atomic mass is 79.9. The van der Waals surface area contributed by atoms with E-state index in [0.717, 1.165) is 5.56 Å². The van der Waals surface area contributed by atoms with Gasteiger partial charge in [-0.3, -0.25) is 10.1 Å². The molecule has 0 saturated heterocycles. The minimum Gasteiger partial charge on any atom is -0.464 e. The molecule has 1 heterocycles. The summed E-state index contributed by atoms with van der Waals surface area (Å²) in [5, 5.41) is 11.2. The van der Waals surface area contributed by atoms with Crippen molar-refractivity contribution in [2.75, 3.05) is 0 Å². The van der Waals surface area contributed by atoms with Gasteiger partial charge in [0.15, 0.2) is 0 Å². The molecule has 0 spiro atoms. The van der Waals surface area contributed by atoms with Crippen LogP contribution in [0, 0.1) is 10.1 Å². The molecule has 0 amide bonds. The number of benzene rings is 1. The van der Waals surface area contributed by atoms with Crippen molar-refractivity contribution in [3.05, 3.63) is 50.7 Å². The topological polar surface area (TPSA) is 56.3 Å². The zero-order valence-corrected chi connectivity index (χ0v) is 11.6. The van der Waals surface area contributed by atoms with Crippen LogP contribution in [0.3, 0.4) is 0 Å². The molecule has 18 heavy (non-hydrogen) atoms. The van der Waals surface area contributed by atoms with Gasteiger partial charge in [0.2, 0.25) is 0 Å². The number of nitrogens with zero attached hydrogens (tertiary/aromatic N) is 1. The van der Waals surface area contributed by atoms with Gasteiger partial charge in [-0.25, -0.2) is 0 Å². The predicted molar refractivity (Wildman–Crippen MR) is 72.6 cm³/mol. The quantitative estimate of drug-likeness (QED) is 0.607. The molecule has 2 aromatic rings. The minimum absolute atomic E-state index is 0.0584. The lowest BCUT2D eigenvalue weighted by molar-refractivity contribution is -0.384. The number of halogens is 1. The number of nitro benzene ring substituents is 1. The third kappa shape index (κ3) is 2.31. The second-order valence-corrected chi connectivity index (χ2v) is 5.14. The van der Waals surface area contributed by atoms with Gasteiger partial charge in [0.05, 0.1) is 11.2 Å². The highest BCUT2D eigenvalue weighted by molar-refractivity contribution is 9.10. The lowest BCUT2D eigenvalue weighted by atomic mass is 9.99. The van der Waals surface area contributed by atoms with Gasteiger partial charge >= 0.3 is 0 Å². The molecule has 0 unspecified atom stereocenters. The normalized spacial score (nSPS) is 10.9. The lowest BCUT2D eigenvalue weighted by Gasteiger charge is -2.09. The van der Waals surface area contributed by atoms with E-state index in [2.05, 4.69) is 15.9 Å². The molecule has 0 aliphatic carbocycles. The molecule has 94 valence electrons. The number of rotatable bonds is 3. The summed E-state index contributed by atoms with van der Waals surface area (Å²) in [4.78, 5) is 10.8. The molecule has 1 aromatic heterocycles. The first-order valence-electron chi connectivity index (χ1n) is 5.52. The molecule has 0 bridgehead atoms. The average molecular weight is 310 g/mol. The largest absolute Gasteiger partial charge is 0.464 e. The Labute approximate surface area is 113 Å². The smallest absolute Gasteiger partial charge is 0.281 e. The van der Waals surface area contributed by atoms with Crippen molar-refractivity contribution < 1.29 is 9.34 Å². The van der Waals surface area contributed by atoms with Crippen LogP contribution in [0.1, 0.15) is 25.3 Å². The van der Waals surface area contributed by atoms with Crippen LogP contribution >= 0.6 is 15.9 Å². The molecular weight excluding hydrogens is 298 g/mol. The van der Waals surface area contributed by atoms with Gasteiger partial charge < -0.3 is 4.42 Å². The first kappa shape index (κ1) is 12.8. The van der Waals surface area contributed by atoms with Crippen LogP contribution in [0.4, 0.5) is 5.69 Å². The average Bonchev–Trinajstić information content (AvgIpc) is 2.80. The SMILES string of the molecule is CC(C)c1cc(Br)c(-c2ccco2)c([N+](=O)[O-])c1. The summed E-state index contributed by atoms with van der Waals surface area (Å²) in [5.74, 6) is 0.717. The third-order valence-corrected chi connectivity index (χ3v) is 3.35. The maximum atomic E-state index is 11.2. The molecule has 0 atom stereocenters. The molecule has 0 N–H and O–H groups in total. The monoisotopic (exact) mass is 309 g/mol. The Morgan fingerprint density at radius 1 is 1.39 bits per heavy atom. The summed E-state index contributed by atoms with van der Waals surface area (Å²) in [7, 11) is 0. The van der Waals surface area contributed by atoms with E-state index in [1.54, 1.807) is 18.2 Å². The van der Waals surface area contributed by atoms with Gasteiger partial charge in [-0.05, 0) is 45.6 Å². The van der Waals surface area contributed by atoms with Crippen LogP contribution in [0.15, 0.2) is 39.4 Å². The van der Waals surface area contributed by atoms with Crippen molar-refractivity contribution in [1.82, 2.24) is 0 Å². The van der Waals surface area contributed by atoms with Crippen LogP contribution in [0.2, 0.25) is 0 Å².